The van der Waals surface area contributed by atoms with Crippen LogP contribution in [-0.2, 0) is 11.3 Å². The van der Waals surface area contributed by atoms with Crippen LogP contribution >= 0.6 is 11.3 Å². The molecule has 1 N–H and O–H groups in total. The molecule has 34 heavy (non-hydrogen) atoms. The highest BCUT2D eigenvalue weighted by Gasteiger charge is 2.35. The molecule has 4 heterocycles. The molecule has 1 aromatic carbocycles. The monoisotopic (exact) mass is 475 g/mol. The van der Waals surface area contributed by atoms with Gasteiger partial charge in [0.2, 0.25) is 0 Å². The van der Waals surface area contributed by atoms with E-state index in [9.17, 15) is 9.59 Å². The summed E-state index contributed by atoms with van der Waals surface area (Å²) >= 11 is 1.61. The van der Waals surface area contributed by atoms with Crippen molar-refractivity contribution in [3.8, 4) is 0 Å². The number of aromatic amines is 1. The van der Waals surface area contributed by atoms with E-state index < -0.39 is 0 Å². The lowest BCUT2D eigenvalue weighted by atomic mass is 10.1. The summed E-state index contributed by atoms with van der Waals surface area (Å²) in [6, 6.07) is 14.8. The molecule has 1 atom stereocenters. The predicted molar refractivity (Wildman–Crippen MR) is 132 cm³/mol. The highest BCUT2D eigenvalue weighted by Crippen LogP contribution is 2.35. The minimum absolute atomic E-state index is 0.0528. The fourth-order valence-corrected chi connectivity index (χ4v) is 4.92. The molecule has 0 spiro atoms. The summed E-state index contributed by atoms with van der Waals surface area (Å²) in [7, 11) is 0. The Labute approximate surface area is 200 Å². The second-order valence-corrected chi connectivity index (χ2v) is 9.51. The number of carbonyl (C=O) groups excluding carboxylic acids is 1. The van der Waals surface area contributed by atoms with E-state index in [1.54, 1.807) is 28.7 Å². The van der Waals surface area contributed by atoms with Crippen LogP contribution in [0.25, 0.3) is 10.9 Å². The Hall–Kier alpha value is -3.56. The van der Waals surface area contributed by atoms with Crippen LogP contribution in [0.3, 0.4) is 0 Å². The maximum Gasteiger partial charge on any atom is 0.258 e. The summed E-state index contributed by atoms with van der Waals surface area (Å²) in [5, 5.41) is 8.79. The first-order valence-corrected chi connectivity index (χ1v) is 12.1. The van der Waals surface area contributed by atoms with Gasteiger partial charge in [-0.15, -0.1) is 11.3 Å². The standard InChI is InChI=1S/C25H25N5O3S/c1-16(2)29(14-23-26-18-8-4-3-7-17(18)25(32)27-23)15-24(31)30-20(22-10-6-12-34-22)13-19(28-30)21-9-5-11-33-21/h3-12,16,20H,13-15H2,1-2H3,(H,26,27,32). The molecule has 0 fully saturated rings. The number of fused-ring (bicyclic) bond motifs is 1. The first-order chi connectivity index (χ1) is 16.5. The lowest BCUT2D eigenvalue weighted by Crippen LogP contribution is -2.41. The lowest BCUT2D eigenvalue weighted by molar-refractivity contribution is -0.134. The van der Waals surface area contributed by atoms with E-state index in [1.807, 2.05) is 66.6 Å². The van der Waals surface area contributed by atoms with Gasteiger partial charge in [0.15, 0.2) is 0 Å². The lowest BCUT2D eigenvalue weighted by Gasteiger charge is -2.28. The van der Waals surface area contributed by atoms with E-state index in [0.29, 0.717) is 35.5 Å². The van der Waals surface area contributed by atoms with Crippen molar-refractivity contribution < 1.29 is 9.21 Å². The van der Waals surface area contributed by atoms with Crippen molar-refractivity contribution >= 4 is 33.9 Å². The number of nitrogens with zero attached hydrogens (tertiary/aromatic N) is 4. The van der Waals surface area contributed by atoms with Crippen LogP contribution in [0.5, 0.6) is 0 Å². The van der Waals surface area contributed by atoms with Crippen LogP contribution in [-0.4, -0.2) is 44.1 Å². The summed E-state index contributed by atoms with van der Waals surface area (Å²) in [4.78, 5) is 36.5. The largest absolute Gasteiger partial charge is 0.463 e. The Morgan fingerprint density at radius 2 is 2.09 bits per heavy atom. The van der Waals surface area contributed by atoms with Gasteiger partial charge in [0.05, 0.1) is 36.3 Å². The molecule has 1 aliphatic rings. The number of carbonyl (C=O) groups is 1. The van der Waals surface area contributed by atoms with Gasteiger partial charge in [-0.3, -0.25) is 14.5 Å². The van der Waals surface area contributed by atoms with Gasteiger partial charge >= 0.3 is 0 Å². The second kappa shape index (κ2) is 9.36. The quantitative estimate of drug-likeness (QED) is 0.433. The number of hydrogen-bond donors (Lipinski definition) is 1. The normalized spacial score (nSPS) is 16.1. The minimum atomic E-state index is -0.180. The highest BCUT2D eigenvalue weighted by atomic mass is 32.1. The molecule has 0 saturated heterocycles. The van der Waals surface area contributed by atoms with E-state index >= 15 is 0 Å². The van der Waals surface area contributed by atoms with E-state index in [4.69, 9.17) is 4.42 Å². The average Bonchev–Trinajstić information content (AvgIpc) is 3.59. The Balaban J connectivity index is 1.39. The molecule has 4 aromatic rings. The fourth-order valence-electron chi connectivity index (χ4n) is 4.10. The van der Waals surface area contributed by atoms with Crippen molar-refractivity contribution in [3.05, 3.63) is 87.0 Å². The van der Waals surface area contributed by atoms with Gasteiger partial charge in [-0.1, -0.05) is 18.2 Å². The number of benzene rings is 1. The van der Waals surface area contributed by atoms with Gasteiger partial charge in [0.25, 0.3) is 11.5 Å². The molecule has 5 rings (SSSR count). The van der Waals surface area contributed by atoms with Crippen molar-refractivity contribution in [3.63, 3.8) is 0 Å². The molecule has 1 aliphatic heterocycles. The molecule has 0 bridgehead atoms. The molecule has 0 radical (unpaired) electrons. The van der Waals surface area contributed by atoms with Crippen molar-refractivity contribution in [2.75, 3.05) is 6.54 Å². The van der Waals surface area contributed by atoms with Crippen LogP contribution in [0.1, 0.15) is 42.8 Å². The topological polar surface area (TPSA) is 94.8 Å². The maximum atomic E-state index is 13.5. The van der Waals surface area contributed by atoms with E-state index in [0.717, 1.165) is 10.6 Å². The van der Waals surface area contributed by atoms with Gasteiger partial charge in [0.1, 0.15) is 17.3 Å². The van der Waals surface area contributed by atoms with Crippen molar-refractivity contribution in [1.29, 1.82) is 0 Å². The molecule has 1 unspecified atom stereocenters. The molecule has 3 aromatic heterocycles. The third-order valence-electron chi connectivity index (χ3n) is 5.93. The van der Waals surface area contributed by atoms with Gasteiger partial charge in [-0.05, 0) is 49.6 Å². The number of H-pyrrole nitrogens is 1. The molecule has 1 amide bonds. The van der Waals surface area contributed by atoms with Crippen molar-refractivity contribution in [1.82, 2.24) is 19.9 Å². The number of para-hydroxylation sites is 1. The first kappa shape index (κ1) is 22.2. The molecule has 8 nitrogen and oxygen atoms in total. The van der Waals surface area contributed by atoms with Crippen molar-refractivity contribution in [2.24, 2.45) is 5.10 Å². The molecule has 0 aliphatic carbocycles. The van der Waals surface area contributed by atoms with Gasteiger partial charge in [0, 0.05) is 17.3 Å². The van der Waals surface area contributed by atoms with E-state index in [2.05, 4.69) is 15.1 Å². The number of nitrogens with one attached hydrogen (secondary N) is 1. The number of furan rings is 1. The Kier molecular flexibility index (Phi) is 6.12. The van der Waals surface area contributed by atoms with Gasteiger partial charge in [-0.2, -0.15) is 5.10 Å². The number of hydrogen-bond acceptors (Lipinski definition) is 7. The zero-order valence-electron chi connectivity index (χ0n) is 19.0. The van der Waals surface area contributed by atoms with Crippen LogP contribution in [0.15, 0.2) is 74.5 Å². The Morgan fingerprint density at radius 3 is 2.82 bits per heavy atom. The molecular weight excluding hydrogens is 450 g/mol. The summed E-state index contributed by atoms with van der Waals surface area (Å²) in [5.74, 6) is 1.09. The SMILES string of the molecule is CC(C)N(CC(=O)N1N=C(c2ccco2)CC1c1cccs1)Cc1nc2ccccc2c(=O)[nH]1. The predicted octanol–water partition coefficient (Wildman–Crippen LogP) is 4.17. The van der Waals surface area contributed by atoms with E-state index in [1.165, 1.54) is 0 Å². The third-order valence-corrected chi connectivity index (χ3v) is 6.90. The number of rotatable bonds is 7. The summed E-state index contributed by atoms with van der Waals surface area (Å²) in [6.45, 7) is 4.52. The third kappa shape index (κ3) is 4.44. The molecule has 9 heteroatoms. The minimum Gasteiger partial charge on any atom is -0.463 e. The number of amides is 1. The molecule has 0 saturated carbocycles. The Morgan fingerprint density at radius 1 is 1.24 bits per heavy atom. The zero-order chi connectivity index (χ0) is 23.7. The maximum absolute atomic E-state index is 13.5. The highest BCUT2D eigenvalue weighted by molar-refractivity contribution is 7.10. The summed E-state index contributed by atoms with van der Waals surface area (Å²) in [5.41, 5.74) is 1.22. The smallest absolute Gasteiger partial charge is 0.258 e. The fraction of sp³-hybridized carbons (Fsp3) is 0.280. The first-order valence-electron chi connectivity index (χ1n) is 11.2. The Bertz CT molecular complexity index is 1380. The van der Waals surface area contributed by atoms with Crippen LogP contribution in [0, 0.1) is 0 Å². The van der Waals surface area contributed by atoms with Gasteiger partial charge < -0.3 is 9.40 Å². The van der Waals surface area contributed by atoms with Crippen molar-refractivity contribution in [2.45, 2.75) is 38.9 Å². The molecule has 174 valence electrons. The number of aromatic nitrogens is 2. The van der Waals surface area contributed by atoms with Gasteiger partial charge in [-0.25, -0.2) is 9.99 Å². The zero-order valence-corrected chi connectivity index (χ0v) is 19.8. The van der Waals surface area contributed by atoms with E-state index in [-0.39, 0.29) is 30.1 Å². The number of thiophene rings is 1. The molecular formula is C25H25N5O3S. The van der Waals surface area contributed by atoms with Crippen LogP contribution in [0.2, 0.25) is 0 Å². The second-order valence-electron chi connectivity index (χ2n) is 8.53. The number of hydrazone groups is 1. The van der Waals surface area contributed by atoms with Crippen LogP contribution < -0.4 is 5.56 Å². The van der Waals surface area contributed by atoms with Crippen LogP contribution in [0.4, 0.5) is 0 Å². The summed E-state index contributed by atoms with van der Waals surface area (Å²) in [6.07, 6.45) is 2.21. The summed E-state index contributed by atoms with van der Waals surface area (Å²) < 4.78 is 5.54. The average molecular weight is 476 g/mol.